The van der Waals surface area contributed by atoms with Crippen molar-refractivity contribution in [3.63, 3.8) is 0 Å². The third-order valence-corrected chi connectivity index (χ3v) is 7.82. The zero-order valence-electron chi connectivity index (χ0n) is 17.9. The number of nitrogens with zero attached hydrogens (tertiary/aromatic N) is 2. The Kier molecular flexibility index (Phi) is 8.98. The van der Waals surface area contributed by atoms with E-state index in [4.69, 9.17) is 0 Å². The van der Waals surface area contributed by atoms with Gasteiger partial charge in [-0.3, -0.25) is 4.90 Å². The SMILES string of the molecule is CCCN(CCCC(C#N)(c1c(Br)cccc1Br)C1CCCC1)Cc1ccccc1. The van der Waals surface area contributed by atoms with E-state index in [1.807, 2.05) is 6.07 Å². The third-order valence-electron chi connectivity index (χ3n) is 6.49. The monoisotopic (exact) mass is 530 g/mol. The van der Waals surface area contributed by atoms with E-state index >= 15 is 0 Å². The summed E-state index contributed by atoms with van der Waals surface area (Å²) in [4.78, 5) is 2.54. The Morgan fingerprint density at radius 3 is 2.27 bits per heavy atom. The number of benzene rings is 2. The lowest BCUT2D eigenvalue weighted by molar-refractivity contribution is 0.238. The van der Waals surface area contributed by atoms with Gasteiger partial charge in [-0.1, -0.05) is 88.0 Å². The number of hydrogen-bond donors (Lipinski definition) is 0. The minimum Gasteiger partial charge on any atom is -0.299 e. The van der Waals surface area contributed by atoms with Gasteiger partial charge in [0.05, 0.1) is 11.5 Å². The minimum absolute atomic E-state index is 0.430. The van der Waals surface area contributed by atoms with Crippen molar-refractivity contribution in [3.8, 4) is 6.07 Å². The minimum atomic E-state index is -0.430. The number of halogens is 2. The van der Waals surface area contributed by atoms with Crippen LogP contribution in [-0.4, -0.2) is 18.0 Å². The van der Waals surface area contributed by atoms with Crippen LogP contribution >= 0.6 is 31.9 Å². The lowest BCUT2D eigenvalue weighted by atomic mass is 9.67. The Hall–Kier alpha value is -1.15. The predicted octanol–water partition coefficient (Wildman–Crippen LogP) is 7.86. The van der Waals surface area contributed by atoms with Gasteiger partial charge < -0.3 is 0 Å². The summed E-state index contributed by atoms with van der Waals surface area (Å²) >= 11 is 7.54. The summed E-state index contributed by atoms with van der Waals surface area (Å²) in [6.45, 7) is 5.35. The van der Waals surface area contributed by atoms with E-state index in [2.05, 4.69) is 92.2 Å². The predicted molar refractivity (Wildman–Crippen MR) is 132 cm³/mol. The van der Waals surface area contributed by atoms with Crippen LogP contribution in [0.4, 0.5) is 0 Å². The van der Waals surface area contributed by atoms with Crippen LogP contribution in [0.25, 0.3) is 0 Å². The molecule has 0 radical (unpaired) electrons. The molecule has 1 fully saturated rings. The highest BCUT2D eigenvalue weighted by Crippen LogP contribution is 2.49. The summed E-state index contributed by atoms with van der Waals surface area (Å²) in [7, 11) is 0. The zero-order chi connectivity index (χ0) is 21.4. The maximum Gasteiger partial charge on any atom is 0.0872 e. The standard InChI is InChI=1S/C26H32Br2N2/c1-2-17-30(19-21-10-4-3-5-11-21)18-9-16-26(20-29,22-12-6-7-13-22)25-23(27)14-8-15-24(25)28/h3-5,8,10-11,14-15,22H,2,6-7,9,12-13,16-19H2,1H3. The lowest BCUT2D eigenvalue weighted by Crippen LogP contribution is -2.35. The molecular formula is C26H32Br2N2. The molecule has 0 aliphatic heterocycles. The topological polar surface area (TPSA) is 27.0 Å². The van der Waals surface area contributed by atoms with Crippen LogP contribution in [0.2, 0.25) is 0 Å². The van der Waals surface area contributed by atoms with E-state index in [9.17, 15) is 5.26 Å². The molecule has 1 atom stereocenters. The molecule has 0 spiro atoms. The molecule has 1 aliphatic rings. The summed E-state index contributed by atoms with van der Waals surface area (Å²) in [5.74, 6) is 0.436. The van der Waals surface area contributed by atoms with Crippen LogP contribution in [0.1, 0.15) is 63.0 Å². The Labute approximate surface area is 198 Å². The molecule has 1 unspecified atom stereocenters. The van der Waals surface area contributed by atoms with Gasteiger partial charge in [0.25, 0.3) is 0 Å². The molecule has 2 aromatic carbocycles. The van der Waals surface area contributed by atoms with Gasteiger partial charge in [0.15, 0.2) is 0 Å². The fourth-order valence-electron chi connectivity index (χ4n) is 5.09. The fourth-order valence-corrected chi connectivity index (χ4v) is 6.79. The van der Waals surface area contributed by atoms with Crippen molar-refractivity contribution in [1.29, 1.82) is 5.26 Å². The summed E-state index contributed by atoms with van der Waals surface area (Å²) in [5, 5.41) is 10.5. The van der Waals surface area contributed by atoms with Crippen molar-refractivity contribution in [1.82, 2.24) is 4.90 Å². The third kappa shape index (κ3) is 5.55. The first-order valence-corrected chi connectivity index (χ1v) is 12.8. The number of rotatable bonds is 10. The quantitative estimate of drug-likeness (QED) is 0.312. The van der Waals surface area contributed by atoms with Gasteiger partial charge in [-0.15, -0.1) is 0 Å². The van der Waals surface area contributed by atoms with E-state index in [1.165, 1.54) is 18.4 Å². The van der Waals surface area contributed by atoms with Crippen molar-refractivity contribution in [3.05, 3.63) is 68.6 Å². The average molecular weight is 532 g/mol. The van der Waals surface area contributed by atoms with Crippen molar-refractivity contribution >= 4 is 31.9 Å². The van der Waals surface area contributed by atoms with Crippen molar-refractivity contribution in [2.45, 2.75) is 63.8 Å². The first-order chi connectivity index (χ1) is 14.6. The lowest BCUT2D eigenvalue weighted by Gasteiger charge is -2.36. The van der Waals surface area contributed by atoms with Gasteiger partial charge in [0.2, 0.25) is 0 Å². The van der Waals surface area contributed by atoms with E-state index in [0.29, 0.717) is 5.92 Å². The molecule has 4 heteroatoms. The van der Waals surface area contributed by atoms with Crippen molar-refractivity contribution in [2.75, 3.05) is 13.1 Å². The van der Waals surface area contributed by atoms with Crippen LogP contribution in [-0.2, 0) is 12.0 Å². The highest BCUT2D eigenvalue weighted by atomic mass is 79.9. The maximum atomic E-state index is 10.5. The van der Waals surface area contributed by atoms with Crippen LogP contribution in [0, 0.1) is 17.2 Å². The highest BCUT2D eigenvalue weighted by Gasteiger charge is 2.44. The van der Waals surface area contributed by atoms with Crippen LogP contribution in [0.5, 0.6) is 0 Å². The molecule has 30 heavy (non-hydrogen) atoms. The van der Waals surface area contributed by atoms with Gasteiger partial charge in [-0.2, -0.15) is 5.26 Å². The summed E-state index contributed by atoms with van der Waals surface area (Å²) in [6.07, 6.45) is 7.88. The van der Waals surface area contributed by atoms with E-state index in [-0.39, 0.29) is 0 Å². The van der Waals surface area contributed by atoms with Gasteiger partial charge >= 0.3 is 0 Å². The second kappa shape index (κ2) is 11.5. The molecule has 0 bridgehead atoms. The Morgan fingerprint density at radius 1 is 1.00 bits per heavy atom. The van der Waals surface area contributed by atoms with Gasteiger partial charge in [0.1, 0.15) is 0 Å². The summed E-state index contributed by atoms with van der Waals surface area (Å²) < 4.78 is 2.11. The molecule has 0 saturated heterocycles. The normalized spacial score (nSPS) is 16.5. The summed E-state index contributed by atoms with van der Waals surface area (Å²) in [5.41, 5.74) is 2.09. The average Bonchev–Trinajstić information content (AvgIpc) is 3.28. The highest BCUT2D eigenvalue weighted by molar-refractivity contribution is 9.11. The Morgan fingerprint density at radius 2 is 1.67 bits per heavy atom. The molecule has 0 amide bonds. The Balaban J connectivity index is 1.79. The first-order valence-electron chi connectivity index (χ1n) is 11.2. The molecular weight excluding hydrogens is 500 g/mol. The van der Waals surface area contributed by atoms with Crippen molar-refractivity contribution < 1.29 is 0 Å². The zero-order valence-corrected chi connectivity index (χ0v) is 21.1. The molecule has 3 rings (SSSR count). The summed E-state index contributed by atoms with van der Waals surface area (Å²) in [6, 6.07) is 19.8. The molecule has 2 nitrogen and oxygen atoms in total. The largest absolute Gasteiger partial charge is 0.299 e. The molecule has 1 saturated carbocycles. The number of nitriles is 1. The van der Waals surface area contributed by atoms with Gasteiger partial charge in [-0.05, 0) is 68.8 Å². The molecule has 1 aliphatic carbocycles. The number of hydrogen-bond acceptors (Lipinski definition) is 2. The van der Waals surface area contributed by atoms with E-state index in [0.717, 1.165) is 66.2 Å². The smallest absolute Gasteiger partial charge is 0.0872 e. The maximum absolute atomic E-state index is 10.5. The second-order valence-corrected chi connectivity index (χ2v) is 10.2. The van der Waals surface area contributed by atoms with E-state index in [1.54, 1.807) is 0 Å². The molecule has 0 aromatic heterocycles. The van der Waals surface area contributed by atoms with Crippen LogP contribution < -0.4 is 0 Å². The molecule has 2 aromatic rings. The first kappa shape index (κ1) is 23.5. The fraction of sp³-hybridized carbons (Fsp3) is 0.500. The van der Waals surface area contributed by atoms with Gasteiger partial charge in [-0.25, -0.2) is 0 Å². The Bertz CT molecular complexity index is 820. The molecule has 0 heterocycles. The van der Waals surface area contributed by atoms with E-state index < -0.39 is 5.41 Å². The molecule has 160 valence electrons. The van der Waals surface area contributed by atoms with Crippen LogP contribution in [0.15, 0.2) is 57.5 Å². The second-order valence-electron chi connectivity index (χ2n) is 8.53. The van der Waals surface area contributed by atoms with Gasteiger partial charge in [0, 0.05) is 21.1 Å². The van der Waals surface area contributed by atoms with Crippen molar-refractivity contribution in [2.24, 2.45) is 5.92 Å². The molecule has 0 N–H and O–H groups in total. The van der Waals surface area contributed by atoms with Crippen LogP contribution in [0.3, 0.4) is 0 Å².